The summed E-state index contributed by atoms with van der Waals surface area (Å²) in [4.78, 5) is 21.5. The van der Waals surface area contributed by atoms with E-state index in [0.717, 1.165) is 33.3 Å². The summed E-state index contributed by atoms with van der Waals surface area (Å²) in [6.07, 6.45) is 3.35. The van der Waals surface area contributed by atoms with E-state index >= 15 is 0 Å². The van der Waals surface area contributed by atoms with Crippen molar-refractivity contribution in [1.82, 2.24) is 25.1 Å². The molecular weight excluding hydrogens is 426 g/mol. The molecule has 0 saturated carbocycles. The van der Waals surface area contributed by atoms with Crippen LogP contribution in [-0.4, -0.2) is 25.7 Å². The van der Waals surface area contributed by atoms with E-state index in [2.05, 4.69) is 20.4 Å². The second-order valence-electron chi connectivity index (χ2n) is 7.68. The minimum absolute atomic E-state index is 0.161. The minimum Gasteiger partial charge on any atom is -0.384 e. The third-order valence-electron chi connectivity index (χ3n) is 5.33. The predicted molar refractivity (Wildman–Crippen MR) is 125 cm³/mol. The molecule has 0 unspecified atom stereocenters. The Balaban J connectivity index is 1.52. The van der Waals surface area contributed by atoms with Gasteiger partial charge in [0, 0.05) is 36.6 Å². The molecule has 0 atom stereocenters. The summed E-state index contributed by atoms with van der Waals surface area (Å²) >= 11 is 6.06. The van der Waals surface area contributed by atoms with Crippen molar-refractivity contribution in [2.75, 3.05) is 5.73 Å². The Morgan fingerprint density at radius 1 is 1.22 bits per heavy atom. The Morgan fingerprint density at radius 3 is 2.78 bits per heavy atom. The van der Waals surface area contributed by atoms with E-state index in [1.165, 1.54) is 0 Å². The van der Waals surface area contributed by atoms with Gasteiger partial charge in [0.05, 0.1) is 28.3 Å². The number of hydrogen-bond acceptors (Lipinski definition) is 6. The fourth-order valence-corrected chi connectivity index (χ4v) is 3.91. The Morgan fingerprint density at radius 2 is 2.03 bits per heavy atom. The molecule has 9 heteroatoms. The van der Waals surface area contributed by atoms with Gasteiger partial charge < -0.3 is 16.8 Å². The van der Waals surface area contributed by atoms with Crippen LogP contribution in [0.2, 0.25) is 5.02 Å². The number of anilines is 1. The van der Waals surface area contributed by atoms with Gasteiger partial charge in [-0.05, 0) is 54.8 Å². The first-order valence-corrected chi connectivity index (χ1v) is 10.5. The van der Waals surface area contributed by atoms with Crippen LogP contribution in [0, 0.1) is 13.8 Å². The summed E-state index contributed by atoms with van der Waals surface area (Å²) in [6, 6.07) is 9.60. The highest BCUT2D eigenvalue weighted by Crippen LogP contribution is 2.19. The lowest BCUT2D eigenvalue weighted by Gasteiger charge is -2.11. The molecule has 1 aromatic carbocycles. The number of nitrogens with zero attached hydrogens (tertiary/aromatic N) is 4. The number of hydrogen-bond donors (Lipinski definition) is 3. The Hall–Kier alpha value is -3.49. The number of aryl methyl sites for hydroxylation is 2. The number of nitrogen functional groups attached to an aromatic ring is 1. The highest BCUT2D eigenvalue weighted by molar-refractivity contribution is 6.31. The molecule has 0 aliphatic rings. The van der Waals surface area contributed by atoms with Crippen LogP contribution in [-0.2, 0) is 19.6 Å². The molecule has 0 radical (unpaired) electrons. The fraction of sp³-hybridized carbons (Fsp3) is 0.217. The number of halogens is 1. The van der Waals surface area contributed by atoms with Crippen LogP contribution in [0.4, 0.5) is 5.82 Å². The zero-order valence-electron chi connectivity index (χ0n) is 17.9. The zero-order chi connectivity index (χ0) is 22.8. The number of carbonyl (C=O) groups excluding carboxylic acids is 1. The lowest BCUT2D eigenvalue weighted by Crippen LogP contribution is -2.25. The van der Waals surface area contributed by atoms with Gasteiger partial charge in [0.25, 0.3) is 5.91 Å². The van der Waals surface area contributed by atoms with Crippen molar-refractivity contribution in [2.24, 2.45) is 5.73 Å². The normalized spacial score (nSPS) is 11.1. The average molecular weight is 450 g/mol. The number of rotatable bonds is 6. The van der Waals surface area contributed by atoms with Gasteiger partial charge in [-0.15, -0.1) is 0 Å². The highest BCUT2D eigenvalue weighted by atomic mass is 35.5. The van der Waals surface area contributed by atoms with Gasteiger partial charge in [0.2, 0.25) is 0 Å². The number of aromatic nitrogens is 4. The summed E-state index contributed by atoms with van der Waals surface area (Å²) < 4.78 is 1.72. The zero-order valence-corrected chi connectivity index (χ0v) is 18.6. The fourth-order valence-electron chi connectivity index (χ4n) is 3.74. The van der Waals surface area contributed by atoms with Gasteiger partial charge in [-0.2, -0.15) is 5.10 Å². The molecular formula is C23H24ClN7O. The minimum atomic E-state index is -0.234. The molecule has 4 aromatic rings. The SMILES string of the molecule is Cc1cc(N)nc(C)c1CNC(=O)c1cn(Cc2ccc3ncc(Cl)cc3c2)nc1CN. The molecule has 1 amide bonds. The first-order chi connectivity index (χ1) is 15.3. The van der Waals surface area contributed by atoms with E-state index in [0.29, 0.717) is 35.2 Å². The summed E-state index contributed by atoms with van der Waals surface area (Å²) in [5.74, 6) is 0.232. The van der Waals surface area contributed by atoms with Gasteiger partial charge in [-0.1, -0.05) is 17.7 Å². The van der Waals surface area contributed by atoms with Crippen LogP contribution in [0.15, 0.2) is 42.7 Å². The summed E-state index contributed by atoms with van der Waals surface area (Å²) in [5.41, 5.74) is 17.2. The van der Waals surface area contributed by atoms with Crippen molar-refractivity contribution in [3.8, 4) is 0 Å². The van der Waals surface area contributed by atoms with E-state index in [1.54, 1.807) is 23.1 Å². The molecule has 3 heterocycles. The maximum atomic E-state index is 12.9. The van der Waals surface area contributed by atoms with Gasteiger partial charge >= 0.3 is 0 Å². The number of benzene rings is 1. The molecule has 0 saturated heterocycles. The van der Waals surface area contributed by atoms with Gasteiger partial charge in [-0.3, -0.25) is 14.5 Å². The average Bonchev–Trinajstić information content (AvgIpc) is 3.15. The Kier molecular flexibility index (Phi) is 6.07. The molecule has 5 N–H and O–H groups in total. The standard InChI is InChI=1S/C23H24ClN7O/c1-13-5-22(26)29-14(2)18(13)10-28-23(32)19-12-31(30-21(19)8-25)11-15-3-4-20-16(6-15)7-17(24)9-27-20/h3-7,9,12H,8,10-11,25H2,1-2H3,(H2,26,29)(H,28,32). The van der Waals surface area contributed by atoms with Crippen molar-refractivity contribution in [1.29, 1.82) is 0 Å². The van der Waals surface area contributed by atoms with Crippen molar-refractivity contribution in [3.63, 3.8) is 0 Å². The largest absolute Gasteiger partial charge is 0.384 e. The van der Waals surface area contributed by atoms with Crippen LogP contribution in [0.3, 0.4) is 0 Å². The number of pyridine rings is 2. The molecule has 0 aliphatic carbocycles. The van der Waals surface area contributed by atoms with Crippen molar-refractivity contribution in [2.45, 2.75) is 33.5 Å². The third kappa shape index (κ3) is 4.56. The number of nitrogens with two attached hydrogens (primary N) is 2. The lowest BCUT2D eigenvalue weighted by molar-refractivity contribution is 0.0950. The first kappa shape index (κ1) is 21.7. The quantitative estimate of drug-likeness (QED) is 0.415. The maximum Gasteiger partial charge on any atom is 0.255 e. The van der Waals surface area contributed by atoms with Crippen LogP contribution >= 0.6 is 11.6 Å². The van der Waals surface area contributed by atoms with Crippen LogP contribution < -0.4 is 16.8 Å². The molecule has 32 heavy (non-hydrogen) atoms. The third-order valence-corrected chi connectivity index (χ3v) is 5.54. The molecule has 4 rings (SSSR count). The van der Waals surface area contributed by atoms with Crippen molar-refractivity contribution >= 4 is 34.2 Å². The molecule has 0 bridgehead atoms. The number of nitrogens with one attached hydrogen (secondary N) is 1. The second kappa shape index (κ2) is 8.94. The van der Waals surface area contributed by atoms with Crippen LogP contribution in [0.5, 0.6) is 0 Å². The van der Waals surface area contributed by atoms with Crippen molar-refractivity contribution in [3.05, 3.63) is 81.4 Å². The summed E-state index contributed by atoms with van der Waals surface area (Å²) in [7, 11) is 0. The topological polar surface area (TPSA) is 125 Å². The maximum absolute atomic E-state index is 12.9. The van der Waals surface area contributed by atoms with E-state index < -0.39 is 0 Å². The van der Waals surface area contributed by atoms with Crippen molar-refractivity contribution < 1.29 is 4.79 Å². The Bertz CT molecular complexity index is 1290. The Labute approximate surface area is 190 Å². The van der Waals surface area contributed by atoms with Gasteiger partial charge in [0.1, 0.15) is 5.82 Å². The van der Waals surface area contributed by atoms with Crippen LogP contribution in [0.25, 0.3) is 10.9 Å². The van der Waals surface area contributed by atoms with E-state index in [9.17, 15) is 4.79 Å². The molecule has 0 fully saturated rings. The van der Waals surface area contributed by atoms with Crippen LogP contribution in [0.1, 0.15) is 38.4 Å². The molecule has 8 nitrogen and oxygen atoms in total. The second-order valence-corrected chi connectivity index (χ2v) is 8.12. The van der Waals surface area contributed by atoms with Gasteiger partial charge in [-0.25, -0.2) is 4.98 Å². The summed E-state index contributed by atoms with van der Waals surface area (Å²) in [6.45, 7) is 4.82. The highest BCUT2D eigenvalue weighted by Gasteiger charge is 2.17. The number of amides is 1. The molecule has 0 aliphatic heterocycles. The number of fused-ring (bicyclic) bond motifs is 1. The monoisotopic (exact) mass is 449 g/mol. The predicted octanol–water partition coefficient (Wildman–Crippen LogP) is 3.12. The first-order valence-electron chi connectivity index (χ1n) is 10.2. The van der Waals surface area contributed by atoms with Gasteiger partial charge in [0.15, 0.2) is 0 Å². The molecule has 0 spiro atoms. The van der Waals surface area contributed by atoms with E-state index in [4.69, 9.17) is 23.1 Å². The smallest absolute Gasteiger partial charge is 0.255 e. The molecule has 3 aromatic heterocycles. The van der Waals surface area contributed by atoms with E-state index in [1.807, 2.05) is 38.1 Å². The molecule has 164 valence electrons. The lowest BCUT2D eigenvalue weighted by atomic mass is 10.1. The summed E-state index contributed by atoms with van der Waals surface area (Å²) in [5, 5.41) is 8.98. The van der Waals surface area contributed by atoms with E-state index in [-0.39, 0.29) is 12.5 Å². The number of carbonyl (C=O) groups is 1.